The monoisotopic (exact) mass is 1060 g/mol. The van der Waals surface area contributed by atoms with E-state index in [0.29, 0.717) is 11.3 Å². The van der Waals surface area contributed by atoms with Crippen molar-refractivity contribution in [3.05, 3.63) is 264 Å². The molecule has 0 aliphatic carbocycles. The number of hydrogen-bond acceptors (Lipinski definition) is 4. The summed E-state index contributed by atoms with van der Waals surface area (Å²) >= 11 is 0. The third-order valence-electron chi connectivity index (χ3n) is 12.2. The minimum absolute atomic E-state index is 0. The molecule has 0 fully saturated rings. The summed E-state index contributed by atoms with van der Waals surface area (Å²) in [5.74, 6) is 0. The van der Waals surface area contributed by atoms with Crippen LogP contribution < -0.4 is 0 Å². The molecule has 0 atom stereocenters. The van der Waals surface area contributed by atoms with Gasteiger partial charge in [-0.05, 0) is 110 Å². The van der Waals surface area contributed by atoms with Crippen molar-refractivity contribution in [3.8, 4) is 84.3 Å². The first-order valence-electron chi connectivity index (χ1n) is 22.6. The van der Waals surface area contributed by atoms with Crippen LogP contribution in [-0.4, -0.2) is 15.0 Å². The first-order valence-corrected chi connectivity index (χ1v) is 22.6. The molecule has 6 heteroatoms. The van der Waals surface area contributed by atoms with Gasteiger partial charge in [-0.3, -0.25) is 4.85 Å². The van der Waals surface area contributed by atoms with Crippen molar-refractivity contribution >= 4 is 5.69 Å². The summed E-state index contributed by atoms with van der Waals surface area (Å²) in [5.41, 5.74) is 20.1. The van der Waals surface area contributed by atoms with Gasteiger partial charge in [-0.15, -0.1) is 83.4 Å². The molecule has 0 unspecified atom stereocenters. The zero-order valence-electron chi connectivity index (χ0n) is 37.5. The average molecular weight is 1060 g/mol. The third kappa shape index (κ3) is 10.9. The van der Waals surface area contributed by atoms with Gasteiger partial charge in [0.25, 0.3) is 0 Å². The van der Waals surface area contributed by atoms with E-state index >= 15 is 0 Å². The molecule has 0 spiro atoms. The fourth-order valence-electron chi connectivity index (χ4n) is 8.58. The molecule has 0 saturated carbocycles. The zero-order valence-corrected chi connectivity index (χ0v) is 39.9. The molecular weight excluding hydrogens is 1020 g/mol. The molecule has 10 rings (SSSR count). The van der Waals surface area contributed by atoms with Crippen molar-refractivity contribution in [1.82, 2.24) is 15.0 Å². The minimum atomic E-state index is 0. The molecule has 0 radical (unpaired) electrons. The molecular formula is C63H42IrN5. The van der Waals surface area contributed by atoms with E-state index in [2.05, 4.69) is 163 Å². The summed E-state index contributed by atoms with van der Waals surface area (Å²) in [6, 6.07) is 76.5. The van der Waals surface area contributed by atoms with Gasteiger partial charge in [0.05, 0.1) is 12.6 Å². The van der Waals surface area contributed by atoms with Crippen molar-refractivity contribution in [1.29, 1.82) is 5.26 Å². The largest absolute Gasteiger partial charge is 3.00 e. The second-order valence-electron chi connectivity index (χ2n) is 16.7. The fraction of sp³-hybridized carbons (Fsp3) is 0.0635. The zero-order chi connectivity index (χ0) is 46.1. The van der Waals surface area contributed by atoms with Crippen LogP contribution in [0.3, 0.4) is 0 Å². The number of hydrogen-bond donors (Lipinski definition) is 0. The summed E-state index contributed by atoms with van der Waals surface area (Å²) in [6.07, 6.45) is 9.06. The topological polar surface area (TPSA) is 66.8 Å². The van der Waals surface area contributed by atoms with Crippen LogP contribution in [0.25, 0.3) is 83.1 Å². The van der Waals surface area contributed by atoms with Crippen LogP contribution in [0.2, 0.25) is 0 Å². The van der Waals surface area contributed by atoms with Crippen LogP contribution in [0.4, 0.5) is 5.69 Å². The van der Waals surface area contributed by atoms with Crippen molar-refractivity contribution in [2.24, 2.45) is 0 Å². The summed E-state index contributed by atoms with van der Waals surface area (Å²) in [4.78, 5) is 17.8. The van der Waals surface area contributed by atoms with Crippen LogP contribution in [0, 0.1) is 36.1 Å². The summed E-state index contributed by atoms with van der Waals surface area (Å²) < 4.78 is 0. The summed E-state index contributed by atoms with van der Waals surface area (Å²) in [5, 5.41) is 9.39. The molecule has 0 bridgehead atoms. The van der Waals surface area contributed by atoms with E-state index in [9.17, 15) is 5.26 Å². The van der Waals surface area contributed by atoms with Gasteiger partial charge in [0.1, 0.15) is 5.69 Å². The Kier molecular flexibility index (Phi) is 14.3. The predicted octanol–water partition coefficient (Wildman–Crippen LogP) is 14.9. The van der Waals surface area contributed by atoms with Gasteiger partial charge < -0.3 is 15.0 Å². The van der Waals surface area contributed by atoms with E-state index in [1.807, 2.05) is 48.9 Å². The molecule has 7 aromatic carbocycles. The average Bonchev–Trinajstić information content (AvgIpc) is 3.42. The second kappa shape index (κ2) is 21.5. The van der Waals surface area contributed by atoms with Crippen LogP contribution in [0.15, 0.2) is 207 Å². The number of aromatic nitrogens is 3. The molecule has 0 amide bonds. The Labute approximate surface area is 417 Å². The van der Waals surface area contributed by atoms with Gasteiger partial charge in [-0.25, -0.2) is 0 Å². The van der Waals surface area contributed by atoms with Gasteiger partial charge in [-0.2, -0.15) is 11.3 Å². The molecule has 0 saturated heterocycles. The van der Waals surface area contributed by atoms with Crippen molar-refractivity contribution in [3.63, 3.8) is 0 Å². The normalized spacial score (nSPS) is 10.7. The summed E-state index contributed by atoms with van der Waals surface area (Å²) in [7, 11) is 0. The summed E-state index contributed by atoms with van der Waals surface area (Å²) in [6.45, 7) is 7.40. The van der Waals surface area contributed by atoms with E-state index in [1.165, 1.54) is 22.3 Å². The maximum Gasteiger partial charge on any atom is 3.00 e. The number of nitriles is 1. The smallest absolute Gasteiger partial charge is 0.305 e. The van der Waals surface area contributed by atoms with Crippen LogP contribution >= 0.6 is 0 Å². The van der Waals surface area contributed by atoms with Gasteiger partial charge >= 0.3 is 20.1 Å². The Morgan fingerprint density at radius 3 is 1.64 bits per heavy atom. The number of rotatable bonds is 13. The molecule has 10 aromatic rings. The Morgan fingerprint density at radius 2 is 1.03 bits per heavy atom. The van der Waals surface area contributed by atoms with Crippen molar-refractivity contribution in [2.45, 2.75) is 25.7 Å². The van der Waals surface area contributed by atoms with E-state index < -0.39 is 0 Å². The van der Waals surface area contributed by atoms with Crippen molar-refractivity contribution < 1.29 is 20.1 Å². The Morgan fingerprint density at radius 1 is 0.449 bits per heavy atom. The second-order valence-corrected chi connectivity index (χ2v) is 16.7. The third-order valence-corrected chi connectivity index (χ3v) is 12.2. The first-order chi connectivity index (χ1) is 33.5. The van der Waals surface area contributed by atoms with E-state index in [-0.39, 0.29) is 20.1 Å². The molecule has 0 N–H and O–H groups in total. The quantitative estimate of drug-likeness (QED) is 0.108. The van der Waals surface area contributed by atoms with Crippen LogP contribution in [0.1, 0.15) is 27.8 Å². The van der Waals surface area contributed by atoms with Crippen LogP contribution in [-0.2, 0) is 45.8 Å². The molecule has 3 aromatic heterocycles. The van der Waals surface area contributed by atoms with E-state index in [1.54, 1.807) is 24.3 Å². The van der Waals surface area contributed by atoms with Gasteiger partial charge in [0.2, 0.25) is 0 Å². The number of nitrogens with zero attached hydrogens (tertiary/aromatic N) is 5. The molecule has 328 valence electrons. The first kappa shape index (κ1) is 45.8. The van der Waals surface area contributed by atoms with Crippen LogP contribution in [0.5, 0.6) is 0 Å². The Balaban J connectivity index is 0.00000593. The Hall–Kier alpha value is -8.38. The Bertz CT molecular complexity index is 3320. The fourth-order valence-corrected chi connectivity index (χ4v) is 8.58. The van der Waals surface area contributed by atoms with Gasteiger partial charge in [0.15, 0.2) is 0 Å². The molecule has 5 nitrogen and oxygen atoms in total. The molecule has 0 aliphatic heterocycles. The van der Waals surface area contributed by atoms with E-state index in [4.69, 9.17) is 21.5 Å². The number of benzene rings is 7. The SMILES string of the molecule is [C-]#[N+]c1cc[c-]c(-c2ccc(CCc3cc(CCc4ccc(-c5[c-]ccc(C#N)c5)nc4)cc(-c4ccccc4-c4c[c-]c(-c5cc(-c6ccc(-c7ccccc7)cc6)ccn5)cc4)c3)cn2)c1.[Ir+3]. The minimum Gasteiger partial charge on any atom is -0.305 e. The number of pyridine rings is 3. The van der Waals surface area contributed by atoms with E-state index in [0.717, 1.165) is 104 Å². The number of aryl methyl sites for hydroxylation is 4. The maximum absolute atomic E-state index is 9.39. The van der Waals surface area contributed by atoms with Gasteiger partial charge in [-0.1, -0.05) is 139 Å². The predicted molar refractivity (Wildman–Crippen MR) is 273 cm³/mol. The van der Waals surface area contributed by atoms with Gasteiger partial charge in [0, 0.05) is 18.6 Å². The molecule has 3 heterocycles. The standard InChI is InChI=1S/C63H42N5.Ir/c1-65-58-14-8-13-56(39-58)62-32-22-45(43-68-62)18-20-47-35-46(19-17-44-21-31-61(67-42-44)55-12-7-9-48(38-55)41-64)36-57(37-47)60-16-6-5-15-59(60)52-27-29-53(30-28-52)63-40-54(33-34-66-63)51-25-23-50(24-26-51)49-10-3-2-4-11-49;/h2-11,14-16,21-29,31-40,42-43H,17-20H2;/q-3;+3. The molecule has 69 heavy (non-hydrogen) atoms. The molecule has 0 aliphatic rings. The maximum atomic E-state index is 9.39. The van der Waals surface area contributed by atoms with Crippen molar-refractivity contribution in [2.75, 3.05) is 0 Å².